The molecule has 0 radical (unpaired) electrons. The minimum Gasteiger partial charge on any atom is -0.298 e. The number of carbonyl (C=O) groups is 1. The standard InChI is InChI=1S/C18H24N2O/c1-11(21)18-9-15(18)5-16(10-19)20(18)17-6-12-2-13(7-17)4-14(3-12)8-17/h12-16H,2-9H2,1H3. The molecule has 6 rings (SSSR count). The second-order valence-corrected chi connectivity index (χ2v) is 8.77. The normalized spacial score (nSPS) is 57.0. The fraction of sp³-hybridized carbons (Fsp3) is 0.889. The molecule has 1 saturated heterocycles. The van der Waals surface area contributed by atoms with Crippen LogP contribution >= 0.6 is 0 Å². The lowest BCUT2D eigenvalue weighted by Gasteiger charge is -2.62. The Morgan fingerprint density at radius 3 is 2.10 bits per heavy atom. The van der Waals surface area contributed by atoms with Crippen LogP contribution in [-0.2, 0) is 4.79 Å². The number of likely N-dealkylation sites (tertiary alicyclic amines) is 1. The third kappa shape index (κ3) is 1.41. The van der Waals surface area contributed by atoms with Crippen LogP contribution in [0.2, 0.25) is 0 Å². The van der Waals surface area contributed by atoms with Gasteiger partial charge in [-0.15, -0.1) is 0 Å². The molecule has 4 bridgehead atoms. The Bertz CT molecular complexity index is 527. The molecule has 1 heterocycles. The number of hydrogen-bond donors (Lipinski definition) is 0. The summed E-state index contributed by atoms with van der Waals surface area (Å²) in [5.74, 6) is 3.43. The average molecular weight is 284 g/mol. The molecule has 0 aromatic carbocycles. The van der Waals surface area contributed by atoms with Crippen molar-refractivity contribution < 1.29 is 4.79 Å². The van der Waals surface area contributed by atoms with E-state index in [9.17, 15) is 10.1 Å². The lowest BCUT2D eigenvalue weighted by molar-refractivity contribution is -0.140. The van der Waals surface area contributed by atoms with Gasteiger partial charge < -0.3 is 0 Å². The first-order valence-corrected chi connectivity index (χ1v) is 8.77. The summed E-state index contributed by atoms with van der Waals surface area (Å²) in [6, 6.07) is 2.56. The van der Waals surface area contributed by atoms with Crippen LogP contribution in [0.1, 0.15) is 58.3 Å². The highest BCUT2D eigenvalue weighted by Gasteiger charge is 2.73. The van der Waals surface area contributed by atoms with E-state index >= 15 is 0 Å². The van der Waals surface area contributed by atoms with E-state index < -0.39 is 0 Å². The quantitative estimate of drug-likeness (QED) is 0.783. The van der Waals surface area contributed by atoms with Gasteiger partial charge in [0, 0.05) is 5.54 Å². The Morgan fingerprint density at radius 2 is 1.62 bits per heavy atom. The highest BCUT2D eigenvalue weighted by Crippen LogP contribution is 2.67. The van der Waals surface area contributed by atoms with Gasteiger partial charge in [-0.05, 0) is 82.0 Å². The van der Waals surface area contributed by atoms with E-state index in [-0.39, 0.29) is 17.1 Å². The first kappa shape index (κ1) is 12.6. The smallest absolute Gasteiger partial charge is 0.150 e. The zero-order chi connectivity index (χ0) is 14.4. The van der Waals surface area contributed by atoms with Gasteiger partial charge in [-0.2, -0.15) is 5.26 Å². The Hall–Kier alpha value is -0.880. The van der Waals surface area contributed by atoms with Gasteiger partial charge in [-0.3, -0.25) is 9.69 Å². The summed E-state index contributed by atoms with van der Waals surface area (Å²) in [5, 5.41) is 9.67. The summed E-state index contributed by atoms with van der Waals surface area (Å²) in [6.07, 6.45) is 10.0. The number of nitriles is 1. The molecule has 1 aliphatic heterocycles. The van der Waals surface area contributed by atoms with E-state index in [1.54, 1.807) is 6.92 Å². The van der Waals surface area contributed by atoms with Crippen molar-refractivity contribution in [2.75, 3.05) is 0 Å². The van der Waals surface area contributed by atoms with Crippen molar-refractivity contribution in [3.63, 3.8) is 0 Å². The predicted octanol–water partition coefficient (Wildman–Crippen LogP) is 2.90. The van der Waals surface area contributed by atoms with Crippen LogP contribution in [0.5, 0.6) is 0 Å². The average Bonchev–Trinajstić information content (AvgIpc) is 3.03. The second kappa shape index (κ2) is 3.71. The Balaban J connectivity index is 1.59. The summed E-state index contributed by atoms with van der Waals surface area (Å²) >= 11 is 0. The summed E-state index contributed by atoms with van der Waals surface area (Å²) in [4.78, 5) is 14.9. The van der Waals surface area contributed by atoms with Gasteiger partial charge in [0.2, 0.25) is 0 Å². The lowest BCUT2D eigenvalue weighted by atomic mass is 9.52. The fourth-order valence-electron chi connectivity index (χ4n) is 7.37. The van der Waals surface area contributed by atoms with E-state index in [1.165, 1.54) is 38.5 Å². The molecule has 6 aliphatic rings. The maximum Gasteiger partial charge on any atom is 0.150 e. The Labute approximate surface area is 126 Å². The summed E-state index contributed by atoms with van der Waals surface area (Å²) in [5.41, 5.74) is -0.0296. The van der Waals surface area contributed by atoms with E-state index in [0.29, 0.717) is 11.7 Å². The molecule has 0 N–H and O–H groups in total. The van der Waals surface area contributed by atoms with Crippen molar-refractivity contribution in [2.24, 2.45) is 23.7 Å². The van der Waals surface area contributed by atoms with Gasteiger partial charge in [-0.25, -0.2) is 0 Å². The van der Waals surface area contributed by atoms with Gasteiger partial charge in [0.1, 0.15) is 5.78 Å². The second-order valence-electron chi connectivity index (χ2n) is 8.77. The van der Waals surface area contributed by atoms with Crippen LogP contribution in [0.4, 0.5) is 0 Å². The van der Waals surface area contributed by atoms with Crippen LogP contribution in [0.3, 0.4) is 0 Å². The molecule has 3 atom stereocenters. The van der Waals surface area contributed by atoms with Crippen molar-refractivity contribution in [3.8, 4) is 6.07 Å². The van der Waals surface area contributed by atoms with E-state index in [1.807, 2.05) is 0 Å². The number of nitrogens with zero attached hydrogens (tertiary/aromatic N) is 2. The molecule has 3 nitrogen and oxygen atoms in total. The van der Waals surface area contributed by atoms with Crippen LogP contribution in [-0.4, -0.2) is 27.8 Å². The topological polar surface area (TPSA) is 44.1 Å². The molecule has 5 aliphatic carbocycles. The number of rotatable bonds is 2. The lowest BCUT2D eigenvalue weighted by Crippen LogP contribution is -2.65. The predicted molar refractivity (Wildman–Crippen MR) is 78.3 cm³/mol. The van der Waals surface area contributed by atoms with E-state index in [4.69, 9.17) is 0 Å². The van der Waals surface area contributed by atoms with E-state index in [0.717, 1.165) is 30.6 Å². The van der Waals surface area contributed by atoms with Gasteiger partial charge in [-0.1, -0.05) is 0 Å². The van der Waals surface area contributed by atoms with Crippen molar-refractivity contribution in [2.45, 2.75) is 75.4 Å². The Kier molecular flexibility index (Phi) is 2.24. The van der Waals surface area contributed by atoms with Gasteiger partial charge in [0.25, 0.3) is 0 Å². The van der Waals surface area contributed by atoms with Crippen LogP contribution in [0.25, 0.3) is 0 Å². The molecule has 3 heteroatoms. The summed E-state index contributed by atoms with van der Waals surface area (Å²) in [6.45, 7) is 1.77. The molecule has 112 valence electrons. The minimum absolute atomic E-state index is 0.00361. The fourth-order valence-corrected chi connectivity index (χ4v) is 7.37. The number of Topliss-reactive ketones (excluding diaryl/α,β-unsaturated/α-hetero) is 1. The third-order valence-electron chi connectivity index (χ3n) is 7.60. The summed E-state index contributed by atoms with van der Waals surface area (Å²) in [7, 11) is 0. The molecular weight excluding hydrogens is 260 g/mol. The molecule has 0 amide bonds. The van der Waals surface area contributed by atoms with Crippen molar-refractivity contribution in [1.82, 2.24) is 4.90 Å². The van der Waals surface area contributed by atoms with Crippen molar-refractivity contribution >= 4 is 5.78 Å². The minimum atomic E-state index is -0.230. The van der Waals surface area contributed by atoms with Crippen LogP contribution in [0.15, 0.2) is 0 Å². The molecule has 6 fully saturated rings. The number of fused-ring (bicyclic) bond motifs is 1. The zero-order valence-electron chi connectivity index (χ0n) is 12.8. The van der Waals surface area contributed by atoms with Crippen LogP contribution < -0.4 is 0 Å². The molecule has 0 aromatic rings. The maximum absolute atomic E-state index is 12.4. The number of carbonyl (C=O) groups excluding carboxylic acids is 1. The first-order valence-electron chi connectivity index (χ1n) is 8.77. The summed E-state index contributed by atoms with van der Waals surface area (Å²) < 4.78 is 0. The Morgan fingerprint density at radius 1 is 1.05 bits per heavy atom. The molecule has 21 heavy (non-hydrogen) atoms. The molecule has 5 saturated carbocycles. The van der Waals surface area contributed by atoms with Crippen LogP contribution in [0, 0.1) is 35.0 Å². The molecule has 0 spiro atoms. The number of ketones is 1. The van der Waals surface area contributed by atoms with Crippen molar-refractivity contribution in [1.29, 1.82) is 5.26 Å². The first-order chi connectivity index (χ1) is 10.1. The van der Waals surface area contributed by atoms with E-state index in [2.05, 4.69) is 11.0 Å². The van der Waals surface area contributed by atoms with Gasteiger partial charge in [0.05, 0.1) is 17.6 Å². The SMILES string of the molecule is CC(=O)C12CC1CC(C#N)N2C12CC3CC(CC(C3)C1)C2. The zero-order valence-corrected chi connectivity index (χ0v) is 12.8. The number of piperidine rings is 1. The molecule has 3 unspecified atom stereocenters. The maximum atomic E-state index is 12.4. The van der Waals surface area contributed by atoms with Crippen molar-refractivity contribution in [3.05, 3.63) is 0 Å². The monoisotopic (exact) mass is 284 g/mol. The third-order valence-corrected chi connectivity index (χ3v) is 7.60. The van der Waals surface area contributed by atoms with Gasteiger partial charge >= 0.3 is 0 Å². The largest absolute Gasteiger partial charge is 0.298 e. The highest BCUT2D eigenvalue weighted by molar-refractivity contribution is 5.91. The van der Waals surface area contributed by atoms with Gasteiger partial charge in [0.15, 0.2) is 0 Å². The molecule has 0 aromatic heterocycles. The number of hydrogen-bond acceptors (Lipinski definition) is 3. The molecular formula is C18H24N2O. The highest BCUT2D eigenvalue weighted by atomic mass is 16.1.